The topological polar surface area (TPSA) is 101 Å². The van der Waals surface area contributed by atoms with E-state index in [1.165, 1.54) is 29.6 Å². The van der Waals surface area contributed by atoms with Crippen LogP contribution in [-0.2, 0) is 14.8 Å². The summed E-state index contributed by atoms with van der Waals surface area (Å²) in [7, 11) is -2.44. The molecule has 8 heteroatoms. The Bertz CT molecular complexity index is 1150. The number of nitrogens with zero attached hydrogens (tertiary/aromatic N) is 1. The van der Waals surface area contributed by atoms with E-state index in [0.717, 1.165) is 6.42 Å². The van der Waals surface area contributed by atoms with Crippen molar-refractivity contribution in [1.82, 2.24) is 9.62 Å². The third-order valence-corrected chi connectivity index (χ3v) is 7.38. The number of benzene rings is 2. The van der Waals surface area contributed by atoms with Gasteiger partial charge in [0.25, 0.3) is 0 Å². The molecular formula is C24H28N2O5S. The first-order valence-electron chi connectivity index (χ1n) is 10.7. The summed E-state index contributed by atoms with van der Waals surface area (Å²) >= 11 is 0. The van der Waals surface area contributed by atoms with Gasteiger partial charge in [-0.1, -0.05) is 38.1 Å². The highest BCUT2D eigenvalue weighted by Gasteiger charge is 2.31. The van der Waals surface area contributed by atoms with E-state index in [0.29, 0.717) is 24.4 Å². The van der Waals surface area contributed by atoms with Crippen molar-refractivity contribution in [2.45, 2.75) is 38.0 Å². The number of carbonyl (C=O) groups is 3. The van der Waals surface area contributed by atoms with E-state index in [1.807, 2.05) is 0 Å². The Morgan fingerprint density at radius 3 is 2.19 bits per heavy atom. The average molecular weight is 457 g/mol. The molecule has 7 nitrogen and oxygen atoms in total. The van der Waals surface area contributed by atoms with Crippen LogP contribution < -0.4 is 5.32 Å². The lowest BCUT2D eigenvalue weighted by molar-refractivity contribution is -0.121. The van der Waals surface area contributed by atoms with Crippen LogP contribution in [0, 0.1) is 5.92 Å². The number of hydrogen-bond acceptors (Lipinski definition) is 5. The Hall–Kier alpha value is -2.84. The number of amides is 1. The van der Waals surface area contributed by atoms with E-state index >= 15 is 0 Å². The van der Waals surface area contributed by atoms with Crippen LogP contribution in [0.5, 0.6) is 0 Å². The highest BCUT2D eigenvalue weighted by molar-refractivity contribution is 7.89. The van der Waals surface area contributed by atoms with Crippen LogP contribution in [-0.4, -0.2) is 50.3 Å². The molecule has 0 heterocycles. The van der Waals surface area contributed by atoms with Crippen molar-refractivity contribution in [1.29, 1.82) is 0 Å². The van der Waals surface area contributed by atoms with E-state index in [1.54, 1.807) is 24.3 Å². The number of hydrogen-bond donors (Lipinski definition) is 1. The van der Waals surface area contributed by atoms with Crippen LogP contribution in [0.3, 0.4) is 0 Å². The predicted octanol–water partition coefficient (Wildman–Crippen LogP) is 3.03. The number of sulfonamides is 1. The van der Waals surface area contributed by atoms with Gasteiger partial charge in [0.1, 0.15) is 0 Å². The molecule has 0 aromatic heterocycles. The molecular weight excluding hydrogens is 428 g/mol. The summed E-state index contributed by atoms with van der Waals surface area (Å²) in [5.41, 5.74) is 0.891. The first-order valence-corrected chi connectivity index (χ1v) is 12.1. The number of fused-ring (bicyclic) bond motifs is 2. The largest absolute Gasteiger partial charge is 0.356 e. The summed E-state index contributed by atoms with van der Waals surface area (Å²) in [6.07, 6.45) is 1.49. The first kappa shape index (κ1) is 23.8. The van der Waals surface area contributed by atoms with Crippen molar-refractivity contribution in [3.05, 3.63) is 64.7 Å². The lowest BCUT2D eigenvalue weighted by atomic mass is 9.84. The van der Waals surface area contributed by atoms with Crippen LogP contribution >= 0.6 is 0 Å². The molecule has 0 fully saturated rings. The summed E-state index contributed by atoms with van der Waals surface area (Å²) in [6.45, 7) is 4.92. The standard InChI is InChI=1S/C24H28N2O5S/c1-16(2)12-13-25-22(27)9-6-14-26(3)32(30,31)17-10-11-20-21(15-17)24(29)19-8-5-4-7-18(19)23(20)28/h4-5,7-8,10-11,15-16H,6,9,12-14H2,1-3H3,(H,25,27). The minimum atomic E-state index is -3.88. The van der Waals surface area contributed by atoms with Crippen molar-refractivity contribution in [3.63, 3.8) is 0 Å². The lowest BCUT2D eigenvalue weighted by Gasteiger charge is -2.20. The van der Waals surface area contributed by atoms with Gasteiger partial charge in [-0.05, 0) is 37.0 Å². The van der Waals surface area contributed by atoms with Crippen molar-refractivity contribution in [2.24, 2.45) is 5.92 Å². The molecule has 2 aromatic rings. The fourth-order valence-electron chi connectivity index (χ4n) is 3.59. The minimum absolute atomic E-state index is 0.0549. The molecule has 1 aliphatic rings. The second-order valence-corrected chi connectivity index (χ2v) is 10.4. The zero-order chi connectivity index (χ0) is 23.5. The van der Waals surface area contributed by atoms with E-state index in [9.17, 15) is 22.8 Å². The highest BCUT2D eigenvalue weighted by Crippen LogP contribution is 2.29. The number of carbonyl (C=O) groups excluding carboxylic acids is 3. The summed E-state index contributed by atoms with van der Waals surface area (Å²) in [6, 6.07) is 10.5. The molecule has 0 saturated carbocycles. The van der Waals surface area contributed by atoms with Crippen molar-refractivity contribution in [3.8, 4) is 0 Å². The number of ketones is 2. The van der Waals surface area contributed by atoms with Crippen LogP contribution in [0.2, 0.25) is 0 Å². The third kappa shape index (κ3) is 4.97. The van der Waals surface area contributed by atoms with Gasteiger partial charge in [0.15, 0.2) is 11.6 Å². The lowest BCUT2D eigenvalue weighted by Crippen LogP contribution is -2.30. The first-order chi connectivity index (χ1) is 15.1. The monoisotopic (exact) mass is 456 g/mol. The number of nitrogens with one attached hydrogen (secondary N) is 1. The Morgan fingerprint density at radius 2 is 1.56 bits per heavy atom. The average Bonchev–Trinajstić information content (AvgIpc) is 2.76. The maximum absolute atomic E-state index is 13.0. The molecule has 32 heavy (non-hydrogen) atoms. The quantitative estimate of drug-likeness (QED) is 0.533. The second-order valence-electron chi connectivity index (χ2n) is 8.37. The van der Waals surface area contributed by atoms with Gasteiger partial charge in [0.2, 0.25) is 15.9 Å². The van der Waals surface area contributed by atoms with Gasteiger partial charge >= 0.3 is 0 Å². The molecule has 1 amide bonds. The summed E-state index contributed by atoms with van der Waals surface area (Å²) in [5.74, 6) is -0.268. The van der Waals surface area contributed by atoms with Crippen molar-refractivity contribution < 1.29 is 22.8 Å². The third-order valence-electron chi connectivity index (χ3n) is 5.53. The van der Waals surface area contributed by atoms with Crippen molar-refractivity contribution in [2.75, 3.05) is 20.1 Å². The summed E-state index contributed by atoms with van der Waals surface area (Å²) in [4.78, 5) is 37.4. The molecule has 1 N–H and O–H groups in total. The van der Waals surface area contributed by atoms with Crippen LogP contribution in [0.4, 0.5) is 0 Å². The maximum Gasteiger partial charge on any atom is 0.242 e. The fourth-order valence-corrected chi connectivity index (χ4v) is 4.83. The molecule has 0 radical (unpaired) electrons. The molecule has 0 saturated heterocycles. The molecule has 2 aromatic carbocycles. The Labute approximate surface area is 188 Å². The normalized spacial score (nSPS) is 13.3. The predicted molar refractivity (Wildman–Crippen MR) is 121 cm³/mol. The zero-order valence-electron chi connectivity index (χ0n) is 18.6. The molecule has 0 unspecified atom stereocenters. The van der Waals surface area contributed by atoms with E-state index in [2.05, 4.69) is 19.2 Å². The Balaban J connectivity index is 1.69. The van der Waals surface area contributed by atoms with E-state index < -0.39 is 10.0 Å². The van der Waals surface area contributed by atoms with Gasteiger partial charge in [-0.15, -0.1) is 0 Å². The SMILES string of the molecule is CC(C)CCNC(=O)CCCN(C)S(=O)(=O)c1ccc2c(c1)C(=O)c1ccccc1C2=O. The summed E-state index contributed by atoms with van der Waals surface area (Å²) < 4.78 is 27.2. The second kappa shape index (κ2) is 9.75. The molecule has 0 bridgehead atoms. The van der Waals surface area contributed by atoms with Gasteiger partial charge in [-0.25, -0.2) is 12.7 Å². The fraction of sp³-hybridized carbons (Fsp3) is 0.375. The molecule has 0 atom stereocenters. The molecule has 3 rings (SSSR count). The molecule has 170 valence electrons. The minimum Gasteiger partial charge on any atom is -0.356 e. The van der Waals surface area contributed by atoms with Gasteiger partial charge in [0, 0.05) is 48.8 Å². The van der Waals surface area contributed by atoms with Crippen LogP contribution in [0.25, 0.3) is 0 Å². The summed E-state index contributed by atoms with van der Waals surface area (Å²) in [5, 5.41) is 2.83. The van der Waals surface area contributed by atoms with Crippen LogP contribution in [0.15, 0.2) is 47.4 Å². The van der Waals surface area contributed by atoms with E-state index in [-0.39, 0.29) is 52.0 Å². The van der Waals surface area contributed by atoms with Gasteiger partial charge in [0.05, 0.1) is 4.90 Å². The Kier molecular flexibility index (Phi) is 7.26. The zero-order valence-corrected chi connectivity index (χ0v) is 19.4. The van der Waals surface area contributed by atoms with Crippen molar-refractivity contribution >= 4 is 27.5 Å². The van der Waals surface area contributed by atoms with Crippen LogP contribution in [0.1, 0.15) is 65.0 Å². The molecule has 0 aliphatic heterocycles. The number of rotatable bonds is 9. The van der Waals surface area contributed by atoms with Gasteiger partial charge < -0.3 is 5.32 Å². The molecule has 0 spiro atoms. The smallest absolute Gasteiger partial charge is 0.242 e. The highest BCUT2D eigenvalue weighted by atomic mass is 32.2. The van der Waals surface area contributed by atoms with E-state index in [4.69, 9.17) is 0 Å². The Morgan fingerprint density at radius 1 is 0.969 bits per heavy atom. The maximum atomic E-state index is 13.0. The van der Waals surface area contributed by atoms with Gasteiger partial charge in [-0.3, -0.25) is 14.4 Å². The molecule has 1 aliphatic carbocycles. The van der Waals surface area contributed by atoms with Gasteiger partial charge in [-0.2, -0.15) is 0 Å².